The predicted molar refractivity (Wildman–Crippen MR) is 109 cm³/mol. The maximum atomic E-state index is 5.63. The third kappa shape index (κ3) is 7.12. The van der Waals surface area contributed by atoms with Crippen LogP contribution < -0.4 is 20.1 Å². The number of nitrogens with zero attached hydrogens (tertiary/aromatic N) is 2. The van der Waals surface area contributed by atoms with Crippen molar-refractivity contribution in [1.29, 1.82) is 0 Å². The Bertz CT molecular complexity index is 551. The summed E-state index contributed by atoms with van der Waals surface area (Å²) in [4.78, 5) is 6.76. The minimum absolute atomic E-state index is 0.531. The third-order valence-electron chi connectivity index (χ3n) is 4.20. The molecule has 6 nitrogen and oxygen atoms in total. The Hall–Kier alpha value is -1.95. The molecule has 0 aliphatic carbocycles. The van der Waals surface area contributed by atoms with Crippen molar-refractivity contribution in [2.24, 2.45) is 4.99 Å². The van der Waals surface area contributed by atoms with Gasteiger partial charge in [-0.05, 0) is 52.3 Å². The lowest BCUT2D eigenvalue weighted by molar-refractivity contribution is 0.178. The molecule has 0 aliphatic heterocycles. The van der Waals surface area contributed by atoms with Crippen molar-refractivity contribution in [2.45, 2.75) is 53.2 Å². The van der Waals surface area contributed by atoms with Crippen molar-refractivity contribution in [3.05, 3.63) is 23.8 Å². The number of guanidine groups is 1. The van der Waals surface area contributed by atoms with Crippen LogP contribution in [0.3, 0.4) is 0 Å². The van der Waals surface area contributed by atoms with Gasteiger partial charge in [0, 0.05) is 38.8 Å². The molecule has 0 saturated carbocycles. The molecule has 0 radical (unpaired) electrons. The molecule has 0 aliphatic rings. The predicted octanol–water partition coefficient (Wildman–Crippen LogP) is 2.88. The summed E-state index contributed by atoms with van der Waals surface area (Å²) in [5, 5.41) is 6.73. The van der Waals surface area contributed by atoms with Crippen LogP contribution in [0.15, 0.2) is 23.2 Å². The number of benzene rings is 1. The van der Waals surface area contributed by atoms with Gasteiger partial charge in [0.25, 0.3) is 0 Å². The molecule has 0 spiro atoms. The van der Waals surface area contributed by atoms with Crippen molar-refractivity contribution < 1.29 is 9.47 Å². The van der Waals surface area contributed by atoms with E-state index < -0.39 is 0 Å². The van der Waals surface area contributed by atoms with Crippen molar-refractivity contribution in [3.63, 3.8) is 0 Å². The molecule has 1 rings (SSSR count). The van der Waals surface area contributed by atoms with Crippen LogP contribution in [0.25, 0.3) is 0 Å². The first-order chi connectivity index (χ1) is 12.4. The highest BCUT2D eigenvalue weighted by Gasteiger charge is 2.12. The standard InChI is InChI=1S/C20H36N4O2/c1-8-26-19-13-17(9-10-18(19)25-7)14-23-20(21-6)22-11-12-24(15(2)3)16(4)5/h9-10,13,15-16H,8,11-12,14H2,1-7H3,(H2,21,22,23). The smallest absolute Gasteiger partial charge is 0.191 e. The van der Waals surface area contributed by atoms with Gasteiger partial charge in [0.2, 0.25) is 0 Å². The lowest BCUT2D eigenvalue weighted by atomic mass is 10.2. The zero-order valence-corrected chi connectivity index (χ0v) is 17.4. The zero-order valence-electron chi connectivity index (χ0n) is 17.4. The number of hydrogen-bond acceptors (Lipinski definition) is 4. The molecule has 0 heterocycles. The Labute approximate surface area is 159 Å². The van der Waals surface area contributed by atoms with E-state index in [1.807, 2.05) is 25.1 Å². The SMILES string of the molecule is CCOc1cc(CNC(=NC)NCCN(C(C)C)C(C)C)ccc1OC. The molecular formula is C20H36N4O2. The lowest BCUT2D eigenvalue weighted by Crippen LogP contribution is -2.45. The Morgan fingerprint density at radius 2 is 1.81 bits per heavy atom. The second-order valence-corrected chi connectivity index (χ2v) is 6.70. The Morgan fingerprint density at radius 1 is 1.12 bits per heavy atom. The minimum Gasteiger partial charge on any atom is -0.493 e. The molecule has 0 fully saturated rings. The van der Waals surface area contributed by atoms with E-state index in [-0.39, 0.29) is 0 Å². The van der Waals surface area contributed by atoms with Crippen molar-refractivity contribution in [2.75, 3.05) is 33.9 Å². The number of ether oxygens (including phenoxy) is 2. The van der Waals surface area contributed by atoms with E-state index in [0.717, 1.165) is 36.1 Å². The van der Waals surface area contributed by atoms with Crippen LogP contribution in [0.2, 0.25) is 0 Å². The maximum absolute atomic E-state index is 5.63. The average Bonchev–Trinajstić information content (AvgIpc) is 2.61. The van der Waals surface area contributed by atoms with Crippen molar-refractivity contribution in [3.8, 4) is 11.5 Å². The molecule has 26 heavy (non-hydrogen) atoms. The number of methoxy groups -OCH3 is 1. The van der Waals surface area contributed by atoms with Crippen LogP contribution in [-0.2, 0) is 6.54 Å². The van der Waals surface area contributed by atoms with Gasteiger partial charge in [0.15, 0.2) is 17.5 Å². The number of hydrogen-bond donors (Lipinski definition) is 2. The fraction of sp³-hybridized carbons (Fsp3) is 0.650. The molecular weight excluding hydrogens is 328 g/mol. The summed E-state index contributed by atoms with van der Waals surface area (Å²) < 4.78 is 11.0. The quantitative estimate of drug-likeness (QED) is 0.494. The van der Waals surface area contributed by atoms with Crippen LogP contribution in [0, 0.1) is 0 Å². The third-order valence-corrected chi connectivity index (χ3v) is 4.20. The summed E-state index contributed by atoms with van der Waals surface area (Å²) in [5.74, 6) is 2.31. The number of nitrogens with one attached hydrogen (secondary N) is 2. The van der Waals surface area contributed by atoms with E-state index in [1.54, 1.807) is 14.2 Å². The molecule has 0 amide bonds. The van der Waals surface area contributed by atoms with E-state index in [1.165, 1.54) is 0 Å². The lowest BCUT2D eigenvalue weighted by Gasteiger charge is -2.30. The highest BCUT2D eigenvalue weighted by atomic mass is 16.5. The van der Waals surface area contributed by atoms with Crippen LogP contribution in [0.1, 0.15) is 40.2 Å². The van der Waals surface area contributed by atoms with Crippen LogP contribution in [-0.4, -0.2) is 56.8 Å². The molecule has 148 valence electrons. The van der Waals surface area contributed by atoms with Gasteiger partial charge >= 0.3 is 0 Å². The monoisotopic (exact) mass is 364 g/mol. The summed E-state index contributed by atoms with van der Waals surface area (Å²) in [6.45, 7) is 14.0. The van der Waals surface area contributed by atoms with Gasteiger partial charge < -0.3 is 20.1 Å². The van der Waals surface area contributed by atoms with Gasteiger partial charge in [-0.1, -0.05) is 6.07 Å². The van der Waals surface area contributed by atoms with Crippen molar-refractivity contribution in [1.82, 2.24) is 15.5 Å². The molecule has 0 bridgehead atoms. The first-order valence-electron chi connectivity index (χ1n) is 9.42. The van der Waals surface area contributed by atoms with E-state index in [2.05, 4.69) is 48.2 Å². The van der Waals surface area contributed by atoms with Crippen LogP contribution in [0.4, 0.5) is 0 Å². The van der Waals surface area contributed by atoms with E-state index in [4.69, 9.17) is 9.47 Å². The second kappa shape index (κ2) is 11.6. The summed E-state index contributed by atoms with van der Waals surface area (Å²) in [6, 6.07) is 7.02. The normalized spacial score (nSPS) is 12.0. The number of rotatable bonds is 10. The van der Waals surface area contributed by atoms with E-state index >= 15 is 0 Å². The van der Waals surface area contributed by atoms with Gasteiger partial charge in [-0.15, -0.1) is 0 Å². The van der Waals surface area contributed by atoms with Crippen LogP contribution >= 0.6 is 0 Å². The second-order valence-electron chi connectivity index (χ2n) is 6.70. The molecule has 0 atom stereocenters. The molecule has 0 aromatic heterocycles. The largest absolute Gasteiger partial charge is 0.493 e. The first kappa shape index (κ1) is 22.1. The Balaban J connectivity index is 2.55. The molecule has 1 aromatic carbocycles. The zero-order chi connectivity index (χ0) is 19.5. The molecule has 0 saturated heterocycles. The van der Waals surface area contributed by atoms with Gasteiger partial charge in [0.1, 0.15) is 0 Å². The topological polar surface area (TPSA) is 58.1 Å². The number of aliphatic imine (C=N–C) groups is 1. The van der Waals surface area contributed by atoms with Gasteiger partial charge in [-0.3, -0.25) is 9.89 Å². The van der Waals surface area contributed by atoms with E-state index in [9.17, 15) is 0 Å². The van der Waals surface area contributed by atoms with Gasteiger partial charge in [0.05, 0.1) is 13.7 Å². The summed E-state index contributed by atoms with van der Waals surface area (Å²) in [7, 11) is 3.44. The summed E-state index contributed by atoms with van der Waals surface area (Å²) in [5.41, 5.74) is 1.11. The van der Waals surface area contributed by atoms with Crippen LogP contribution in [0.5, 0.6) is 11.5 Å². The minimum atomic E-state index is 0.531. The highest BCUT2D eigenvalue weighted by Crippen LogP contribution is 2.27. The molecule has 0 unspecified atom stereocenters. The maximum Gasteiger partial charge on any atom is 0.191 e. The molecule has 2 N–H and O–H groups in total. The van der Waals surface area contributed by atoms with Gasteiger partial charge in [-0.25, -0.2) is 0 Å². The average molecular weight is 365 g/mol. The Morgan fingerprint density at radius 3 is 2.35 bits per heavy atom. The molecule has 1 aromatic rings. The fourth-order valence-corrected chi connectivity index (χ4v) is 2.92. The summed E-state index contributed by atoms with van der Waals surface area (Å²) >= 11 is 0. The van der Waals surface area contributed by atoms with Crippen molar-refractivity contribution >= 4 is 5.96 Å². The summed E-state index contributed by atoms with van der Waals surface area (Å²) in [6.07, 6.45) is 0. The van der Waals surface area contributed by atoms with Gasteiger partial charge in [-0.2, -0.15) is 0 Å². The molecule has 6 heteroatoms. The van der Waals surface area contributed by atoms with E-state index in [0.29, 0.717) is 25.2 Å². The first-order valence-corrected chi connectivity index (χ1v) is 9.42. The fourth-order valence-electron chi connectivity index (χ4n) is 2.92. The Kier molecular flexibility index (Phi) is 9.88. The highest BCUT2D eigenvalue weighted by molar-refractivity contribution is 5.79.